The molecule has 0 radical (unpaired) electrons. The number of piperidine rings is 1. The Labute approximate surface area is 151 Å². The first kappa shape index (κ1) is 17.8. The van der Waals surface area contributed by atoms with E-state index in [0.29, 0.717) is 18.4 Å². The van der Waals surface area contributed by atoms with Crippen LogP contribution in [0.3, 0.4) is 0 Å². The average Bonchev–Trinajstić information content (AvgIpc) is 2.62. The van der Waals surface area contributed by atoms with Crippen LogP contribution in [0.2, 0.25) is 0 Å². The lowest BCUT2D eigenvalue weighted by molar-refractivity contribution is 0.340. The van der Waals surface area contributed by atoms with Crippen LogP contribution in [0.5, 0.6) is 5.75 Å². The first-order valence-corrected chi connectivity index (χ1v) is 9.40. The Bertz CT molecular complexity index is 663. The van der Waals surface area contributed by atoms with Crippen molar-refractivity contribution in [3.8, 4) is 5.75 Å². The molecule has 0 amide bonds. The van der Waals surface area contributed by atoms with Gasteiger partial charge in [-0.25, -0.2) is 0 Å². The van der Waals surface area contributed by atoms with Crippen LogP contribution in [0.15, 0.2) is 48.5 Å². The molecule has 0 saturated carbocycles. The predicted octanol–water partition coefficient (Wildman–Crippen LogP) is 4.53. The average molecular weight is 338 g/mol. The molecule has 1 aliphatic heterocycles. The molecule has 2 unspecified atom stereocenters. The molecule has 0 spiro atoms. The standard InChI is InChI=1S/C22H30N2O/c1-4-25-22-11-9-21(10-12-22)24-14-19(13-20(23)15-24)18-7-5-17(6-8-18)16(2)3/h5-12,16,19-20H,4,13-15,23H2,1-3H3. The van der Waals surface area contributed by atoms with Gasteiger partial charge in [-0.1, -0.05) is 38.1 Å². The number of nitrogens with zero attached hydrogens (tertiary/aromatic N) is 1. The Morgan fingerprint density at radius 2 is 1.72 bits per heavy atom. The smallest absolute Gasteiger partial charge is 0.119 e. The fourth-order valence-electron chi connectivity index (χ4n) is 3.66. The molecular formula is C22H30N2O. The van der Waals surface area contributed by atoms with E-state index in [2.05, 4.69) is 55.1 Å². The Morgan fingerprint density at radius 3 is 2.32 bits per heavy atom. The van der Waals surface area contributed by atoms with E-state index in [1.165, 1.54) is 16.8 Å². The minimum Gasteiger partial charge on any atom is -0.494 e. The van der Waals surface area contributed by atoms with Crippen molar-refractivity contribution in [1.29, 1.82) is 0 Å². The third kappa shape index (κ3) is 4.35. The van der Waals surface area contributed by atoms with Crippen LogP contribution >= 0.6 is 0 Å². The molecule has 0 aromatic heterocycles. The first-order valence-electron chi connectivity index (χ1n) is 9.40. The molecule has 2 atom stereocenters. The lowest BCUT2D eigenvalue weighted by Crippen LogP contribution is -2.46. The summed E-state index contributed by atoms with van der Waals surface area (Å²) >= 11 is 0. The molecule has 1 saturated heterocycles. The van der Waals surface area contributed by atoms with Gasteiger partial charge < -0.3 is 15.4 Å². The molecule has 2 aromatic rings. The summed E-state index contributed by atoms with van der Waals surface area (Å²) in [4.78, 5) is 2.41. The van der Waals surface area contributed by atoms with E-state index in [1.807, 2.05) is 19.1 Å². The molecule has 2 aromatic carbocycles. The fraction of sp³-hybridized carbons (Fsp3) is 0.455. The number of ether oxygens (including phenoxy) is 1. The van der Waals surface area contributed by atoms with E-state index in [0.717, 1.165) is 25.3 Å². The highest BCUT2D eigenvalue weighted by Crippen LogP contribution is 2.31. The molecule has 1 heterocycles. The van der Waals surface area contributed by atoms with Crippen molar-refractivity contribution in [1.82, 2.24) is 0 Å². The molecule has 2 N–H and O–H groups in total. The topological polar surface area (TPSA) is 38.5 Å². The quantitative estimate of drug-likeness (QED) is 0.870. The highest BCUT2D eigenvalue weighted by atomic mass is 16.5. The van der Waals surface area contributed by atoms with Crippen molar-refractivity contribution in [3.63, 3.8) is 0 Å². The van der Waals surface area contributed by atoms with Crippen molar-refractivity contribution < 1.29 is 4.74 Å². The van der Waals surface area contributed by atoms with Crippen molar-refractivity contribution in [2.24, 2.45) is 5.73 Å². The van der Waals surface area contributed by atoms with E-state index in [1.54, 1.807) is 0 Å². The predicted molar refractivity (Wildman–Crippen MR) is 106 cm³/mol. The number of hydrogen-bond acceptors (Lipinski definition) is 3. The highest BCUT2D eigenvalue weighted by molar-refractivity contribution is 5.50. The van der Waals surface area contributed by atoms with Gasteiger partial charge in [0.05, 0.1) is 6.61 Å². The largest absolute Gasteiger partial charge is 0.494 e. The number of hydrogen-bond donors (Lipinski definition) is 1. The van der Waals surface area contributed by atoms with Gasteiger partial charge in [-0.05, 0) is 54.7 Å². The Hall–Kier alpha value is -2.00. The second-order valence-corrected chi connectivity index (χ2v) is 7.35. The summed E-state index contributed by atoms with van der Waals surface area (Å²) in [6, 6.07) is 17.7. The van der Waals surface area contributed by atoms with E-state index in [-0.39, 0.29) is 6.04 Å². The monoisotopic (exact) mass is 338 g/mol. The van der Waals surface area contributed by atoms with Crippen molar-refractivity contribution in [2.45, 2.75) is 45.1 Å². The molecule has 1 fully saturated rings. The summed E-state index contributed by atoms with van der Waals surface area (Å²) in [6.07, 6.45) is 1.05. The molecule has 1 aliphatic rings. The zero-order valence-electron chi connectivity index (χ0n) is 15.6. The van der Waals surface area contributed by atoms with Crippen LogP contribution in [0.4, 0.5) is 5.69 Å². The molecular weight excluding hydrogens is 308 g/mol. The van der Waals surface area contributed by atoms with Gasteiger partial charge in [0.15, 0.2) is 0 Å². The summed E-state index contributed by atoms with van der Waals surface area (Å²) in [7, 11) is 0. The maximum atomic E-state index is 6.38. The second-order valence-electron chi connectivity index (χ2n) is 7.35. The van der Waals surface area contributed by atoms with E-state index >= 15 is 0 Å². The van der Waals surface area contributed by atoms with Crippen LogP contribution in [-0.4, -0.2) is 25.7 Å². The normalized spacial score (nSPS) is 20.8. The van der Waals surface area contributed by atoms with Crippen LogP contribution in [0.1, 0.15) is 50.2 Å². The first-order chi connectivity index (χ1) is 12.1. The van der Waals surface area contributed by atoms with Crippen LogP contribution in [0, 0.1) is 0 Å². The van der Waals surface area contributed by atoms with Gasteiger partial charge in [-0.15, -0.1) is 0 Å². The third-order valence-electron chi connectivity index (χ3n) is 5.07. The zero-order chi connectivity index (χ0) is 17.8. The SMILES string of the molecule is CCOc1ccc(N2CC(N)CC(c3ccc(C(C)C)cc3)C2)cc1. The van der Waals surface area contributed by atoms with Gasteiger partial charge in [0, 0.05) is 30.7 Å². The Balaban J connectivity index is 1.74. The number of anilines is 1. The second kappa shape index (κ2) is 7.92. The molecule has 3 nitrogen and oxygen atoms in total. The zero-order valence-corrected chi connectivity index (χ0v) is 15.6. The summed E-state index contributed by atoms with van der Waals surface area (Å²) < 4.78 is 5.55. The van der Waals surface area contributed by atoms with Gasteiger partial charge in [-0.3, -0.25) is 0 Å². The number of nitrogens with two attached hydrogens (primary N) is 1. The van der Waals surface area contributed by atoms with Crippen molar-refractivity contribution in [2.75, 3.05) is 24.6 Å². The maximum absolute atomic E-state index is 6.38. The summed E-state index contributed by atoms with van der Waals surface area (Å²) in [5, 5.41) is 0. The van der Waals surface area contributed by atoms with E-state index in [9.17, 15) is 0 Å². The van der Waals surface area contributed by atoms with E-state index < -0.39 is 0 Å². The fourth-order valence-corrected chi connectivity index (χ4v) is 3.66. The molecule has 134 valence electrons. The summed E-state index contributed by atoms with van der Waals surface area (Å²) in [6.45, 7) is 9.10. The van der Waals surface area contributed by atoms with Gasteiger partial charge >= 0.3 is 0 Å². The van der Waals surface area contributed by atoms with Gasteiger partial charge in [0.25, 0.3) is 0 Å². The number of benzene rings is 2. The lowest BCUT2D eigenvalue weighted by Gasteiger charge is -2.38. The van der Waals surface area contributed by atoms with E-state index in [4.69, 9.17) is 10.5 Å². The highest BCUT2D eigenvalue weighted by Gasteiger charge is 2.26. The van der Waals surface area contributed by atoms with Gasteiger partial charge in [0.1, 0.15) is 5.75 Å². The van der Waals surface area contributed by atoms with Crippen LogP contribution in [0.25, 0.3) is 0 Å². The van der Waals surface area contributed by atoms with Crippen LogP contribution in [-0.2, 0) is 0 Å². The Kier molecular flexibility index (Phi) is 5.64. The summed E-state index contributed by atoms with van der Waals surface area (Å²) in [5.41, 5.74) is 10.4. The molecule has 0 aliphatic carbocycles. The van der Waals surface area contributed by atoms with Crippen LogP contribution < -0.4 is 15.4 Å². The summed E-state index contributed by atoms with van der Waals surface area (Å²) in [5.74, 6) is 1.98. The van der Waals surface area contributed by atoms with Gasteiger partial charge in [0.2, 0.25) is 0 Å². The Morgan fingerprint density at radius 1 is 1.04 bits per heavy atom. The molecule has 3 rings (SSSR count). The minimum absolute atomic E-state index is 0.204. The lowest BCUT2D eigenvalue weighted by atomic mass is 9.87. The molecule has 25 heavy (non-hydrogen) atoms. The maximum Gasteiger partial charge on any atom is 0.119 e. The van der Waals surface area contributed by atoms with Gasteiger partial charge in [-0.2, -0.15) is 0 Å². The number of rotatable bonds is 5. The molecule has 0 bridgehead atoms. The molecule has 3 heteroatoms. The van der Waals surface area contributed by atoms with Crippen molar-refractivity contribution >= 4 is 5.69 Å². The van der Waals surface area contributed by atoms with Crippen molar-refractivity contribution in [3.05, 3.63) is 59.7 Å². The minimum atomic E-state index is 0.204. The third-order valence-corrected chi connectivity index (χ3v) is 5.07.